The summed E-state index contributed by atoms with van der Waals surface area (Å²) >= 11 is 0. The molecule has 0 aliphatic rings. The molecule has 0 radical (unpaired) electrons. The number of hydrogen-bond acceptors (Lipinski definition) is 6. The van der Waals surface area contributed by atoms with E-state index in [0.29, 0.717) is 0 Å². The van der Waals surface area contributed by atoms with Gasteiger partial charge in [-0.2, -0.15) is 0 Å². The van der Waals surface area contributed by atoms with E-state index in [1.165, 1.54) is 12.1 Å². The number of rotatable bonds is 7. The van der Waals surface area contributed by atoms with Gasteiger partial charge in [0.25, 0.3) is 0 Å². The third-order valence-corrected chi connectivity index (χ3v) is 9.60. The number of methoxy groups -OCH3 is 1. The monoisotopic (exact) mass is 317 g/mol. The first-order valence-electron chi connectivity index (χ1n) is 5.33. The van der Waals surface area contributed by atoms with E-state index < -0.39 is 15.1 Å². The molecule has 0 amide bonds. The Hall–Kier alpha value is -2.07. The number of carbonyl (C=O) groups is 5. The molecule has 1 aromatic rings. The van der Waals surface area contributed by atoms with Crippen molar-refractivity contribution >= 4 is 30.3 Å². The van der Waals surface area contributed by atoms with Gasteiger partial charge in [-0.1, -0.05) is 0 Å². The predicted molar refractivity (Wildman–Crippen MR) is 71.3 cm³/mol. The molecule has 20 heavy (non-hydrogen) atoms. The molecule has 6 nitrogen and oxygen atoms in total. The molecule has 1 aromatic carbocycles. The second-order valence-corrected chi connectivity index (χ2v) is 12.5. The van der Waals surface area contributed by atoms with Crippen molar-refractivity contribution in [3.63, 3.8) is 0 Å². The second-order valence-electron chi connectivity index (χ2n) is 4.29. The van der Waals surface area contributed by atoms with Crippen LogP contribution in [-0.4, -0.2) is 37.4 Å². The minimum absolute atomic E-state index is 0.140. The average molecular weight is 317 g/mol. The quantitative estimate of drug-likeness (QED) is 0.656. The van der Waals surface area contributed by atoms with Crippen LogP contribution in [0.15, 0.2) is 30.3 Å². The molecule has 0 aliphatic carbocycles. The van der Waals surface area contributed by atoms with Gasteiger partial charge < -0.3 is 0 Å². The summed E-state index contributed by atoms with van der Waals surface area (Å²) in [7, 11) is -5.39. The zero-order valence-corrected chi connectivity index (χ0v) is 11.9. The molecular weight excluding hydrogens is 304 g/mol. The molecule has 0 unspecified atom stereocenters. The van der Waals surface area contributed by atoms with Crippen LogP contribution in [-0.2, 0) is 39.2 Å². The first kappa shape index (κ1) is 16.0. The fourth-order valence-corrected chi connectivity index (χ4v) is 5.14. The summed E-state index contributed by atoms with van der Waals surface area (Å²) in [6, 6.07) is 7.61. The Balaban J connectivity index is 4.35. The second kappa shape index (κ2) is 4.80. The molecule has 0 atom stereocenters. The van der Waals surface area contributed by atoms with Crippen LogP contribution in [0.1, 0.15) is 5.56 Å². The van der Waals surface area contributed by atoms with Gasteiger partial charge in [0.15, 0.2) is 0 Å². The molecule has 0 aliphatic heterocycles. The number of carbonyl (C=O) groups excluding carboxylic acids is 5. The minimum atomic E-state index is -6.48. The Labute approximate surface area is 113 Å². The van der Waals surface area contributed by atoms with Crippen molar-refractivity contribution in [1.82, 2.24) is 0 Å². The molecule has 0 N–H and O–H groups in total. The van der Waals surface area contributed by atoms with Crippen molar-refractivity contribution in [3.8, 4) is 0 Å². The number of hydrogen-bond donors (Lipinski definition) is 0. The maximum absolute atomic E-state index is 11.6. The van der Waals surface area contributed by atoms with E-state index in [2.05, 4.69) is 0 Å². The van der Waals surface area contributed by atoms with Gasteiger partial charge in [0.2, 0.25) is 0 Å². The normalized spacial score (nSPS) is 14.2. The molecule has 107 valence electrons. The van der Waals surface area contributed by atoms with Crippen LogP contribution in [0.5, 0.6) is 0 Å². The SMILES string of the molecule is CO[C](c1ccccc1)=[Cr]([CH]=O)([CH]=O)([CH]=O)([CH]=O)[CH]=O. The Kier molecular flexibility index (Phi) is 3.84. The van der Waals surface area contributed by atoms with Gasteiger partial charge >= 0.3 is 113 Å². The summed E-state index contributed by atoms with van der Waals surface area (Å²) < 4.78 is 4.50. The van der Waals surface area contributed by atoms with Crippen LogP contribution >= 0.6 is 0 Å². The Morgan fingerprint density at radius 1 is 0.850 bits per heavy atom. The summed E-state index contributed by atoms with van der Waals surface area (Å²) in [5.74, 6) is 0. The first-order valence-corrected chi connectivity index (χ1v) is 9.65. The Morgan fingerprint density at radius 3 is 1.55 bits per heavy atom. The number of ether oxygens (including phenoxy) is 1. The van der Waals surface area contributed by atoms with Crippen molar-refractivity contribution in [3.05, 3.63) is 35.9 Å². The summed E-state index contributed by atoms with van der Waals surface area (Å²) in [6.45, 7) is 0. The zero-order valence-electron chi connectivity index (χ0n) is 10.6. The predicted octanol–water partition coefficient (Wildman–Crippen LogP) is -0.0127. The standard InChI is InChI=1S/C8H8O.5CHO.Cr/c1-9-7-8-5-3-2-4-6-8;5*1-2;/h2-6H,1H3;5*1H;. The summed E-state index contributed by atoms with van der Waals surface area (Å²) in [4.78, 5) is 58.1. The van der Waals surface area contributed by atoms with Gasteiger partial charge in [0.05, 0.1) is 0 Å². The fourth-order valence-electron chi connectivity index (χ4n) is 1.72. The zero-order chi connectivity index (χ0) is 15.3. The molecule has 0 aromatic heterocycles. The summed E-state index contributed by atoms with van der Waals surface area (Å²) in [5, 5.41) is -0.700. The molecule has 0 fully saturated rings. The topological polar surface area (TPSA) is 94.6 Å². The molecule has 0 heterocycles. The van der Waals surface area contributed by atoms with Crippen LogP contribution in [0.4, 0.5) is 0 Å². The third kappa shape index (κ3) is 1.61. The van der Waals surface area contributed by atoms with Crippen LogP contribution in [0.2, 0.25) is 0 Å². The van der Waals surface area contributed by atoms with Gasteiger partial charge in [0.1, 0.15) is 0 Å². The van der Waals surface area contributed by atoms with E-state index in [4.69, 9.17) is 4.74 Å². The summed E-state index contributed by atoms with van der Waals surface area (Å²) in [6.07, 6.45) is 0. The molecule has 0 spiro atoms. The van der Waals surface area contributed by atoms with E-state index in [1.807, 2.05) is 0 Å². The van der Waals surface area contributed by atoms with Crippen molar-refractivity contribution < 1.29 is 39.2 Å². The molecular formula is C13H13CrO6. The van der Waals surface area contributed by atoms with E-state index in [0.717, 1.165) is 7.11 Å². The van der Waals surface area contributed by atoms with Crippen LogP contribution in [0.3, 0.4) is 0 Å². The van der Waals surface area contributed by atoms with Gasteiger partial charge in [-0.3, -0.25) is 0 Å². The molecule has 0 bridgehead atoms. The third-order valence-electron chi connectivity index (χ3n) is 3.08. The van der Waals surface area contributed by atoms with Crippen LogP contribution in [0.25, 0.3) is 0 Å². The van der Waals surface area contributed by atoms with E-state index in [-0.39, 0.29) is 31.3 Å². The van der Waals surface area contributed by atoms with E-state index in [1.54, 1.807) is 18.2 Å². The van der Waals surface area contributed by atoms with Crippen molar-refractivity contribution in [2.45, 2.75) is 0 Å². The van der Waals surface area contributed by atoms with Crippen molar-refractivity contribution in [1.29, 1.82) is 0 Å². The molecule has 7 heteroatoms. The maximum atomic E-state index is 11.6. The first-order chi connectivity index (χ1) is 9.48. The van der Waals surface area contributed by atoms with Gasteiger partial charge in [-0.25, -0.2) is 0 Å². The van der Waals surface area contributed by atoms with Crippen LogP contribution < -0.4 is 0 Å². The average Bonchev–Trinajstić information content (AvgIpc) is 2.55. The van der Waals surface area contributed by atoms with E-state index >= 15 is 0 Å². The molecule has 0 saturated carbocycles. The summed E-state index contributed by atoms with van der Waals surface area (Å²) in [5.41, 5.74) is 0.149. The Bertz CT molecular complexity index is 599. The van der Waals surface area contributed by atoms with Crippen molar-refractivity contribution in [2.75, 3.05) is 7.11 Å². The Morgan fingerprint density at radius 2 is 1.25 bits per heavy atom. The van der Waals surface area contributed by atoms with Crippen LogP contribution in [0, 0.1) is 0 Å². The fraction of sp³-hybridized carbons (Fsp3) is 0.0769. The molecule has 0 saturated heterocycles. The number of benzene rings is 1. The van der Waals surface area contributed by atoms with Gasteiger partial charge in [0, 0.05) is 0 Å². The van der Waals surface area contributed by atoms with Crippen molar-refractivity contribution in [2.24, 2.45) is 0 Å². The van der Waals surface area contributed by atoms with E-state index in [9.17, 15) is 24.0 Å². The molecule has 1 rings (SSSR count). The van der Waals surface area contributed by atoms with Gasteiger partial charge in [-0.15, -0.1) is 0 Å². The van der Waals surface area contributed by atoms with Gasteiger partial charge in [-0.05, 0) is 0 Å².